The summed E-state index contributed by atoms with van der Waals surface area (Å²) in [6, 6.07) is 0. The molecule has 8 heteroatoms. The molecule has 0 radical (unpaired) electrons. The van der Waals surface area contributed by atoms with Gasteiger partial charge in [-0.1, -0.05) is 11.8 Å². The topological polar surface area (TPSA) is 93.0 Å². The van der Waals surface area contributed by atoms with Gasteiger partial charge in [0.25, 0.3) is 0 Å². The fraction of sp³-hybridized carbons (Fsp3) is 0.636. The van der Waals surface area contributed by atoms with E-state index in [4.69, 9.17) is 0 Å². The molecule has 0 atom stereocenters. The highest BCUT2D eigenvalue weighted by atomic mass is 32.2. The minimum Gasteiger partial charge on any atom is -0.364 e. The average molecular weight is 285 g/mol. The van der Waals surface area contributed by atoms with Crippen LogP contribution in [0.3, 0.4) is 0 Å². The Morgan fingerprint density at radius 3 is 2.32 bits per heavy atom. The Morgan fingerprint density at radius 1 is 1.32 bits per heavy atom. The average Bonchev–Trinajstić information content (AvgIpc) is 2.26. The van der Waals surface area contributed by atoms with Crippen molar-refractivity contribution in [2.45, 2.75) is 38.4 Å². The summed E-state index contributed by atoms with van der Waals surface area (Å²) in [6.07, 6.45) is 1.83. The summed E-state index contributed by atoms with van der Waals surface area (Å²) in [7, 11) is 0. The first-order valence-electron chi connectivity index (χ1n) is 5.91. The normalized spacial score (nSPS) is 11.2. The third kappa shape index (κ3) is 4.23. The fourth-order valence-corrected chi connectivity index (χ4v) is 1.80. The van der Waals surface area contributed by atoms with Crippen molar-refractivity contribution in [3.8, 4) is 0 Å². The van der Waals surface area contributed by atoms with E-state index in [1.165, 1.54) is 11.8 Å². The molecule has 0 unspecified atom stereocenters. The molecular weight excluding hydrogens is 266 g/mol. The van der Waals surface area contributed by atoms with Gasteiger partial charge in [-0.05, 0) is 34.0 Å². The summed E-state index contributed by atoms with van der Waals surface area (Å²) < 4.78 is 0. The van der Waals surface area contributed by atoms with Crippen LogP contribution < -0.4 is 10.6 Å². The van der Waals surface area contributed by atoms with Crippen LogP contribution >= 0.6 is 11.8 Å². The summed E-state index contributed by atoms with van der Waals surface area (Å²) in [4.78, 5) is 19.1. The first-order chi connectivity index (χ1) is 8.78. The van der Waals surface area contributed by atoms with Gasteiger partial charge in [-0.2, -0.15) is 9.97 Å². The van der Waals surface area contributed by atoms with E-state index < -0.39 is 4.92 Å². The van der Waals surface area contributed by atoms with Crippen LogP contribution in [0, 0.1) is 10.1 Å². The van der Waals surface area contributed by atoms with Gasteiger partial charge in [-0.15, -0.1) is 0 Å². The van der Waals surface area contributed by atoms with E-state index in [0.29, 0.717) is 11.7 Å². The van der Waals surface area contributed by atoms with Gasteiger partial charge < -0.3 is 10.6 Å². The smallest absolute Gasteiger partial charge is 0.353 e. The van der Waals surface area contributed by atoms with Crippen molar-refractivity contribution in [1.82, 2.24) is 9.97 Å². The maximum Gasteiger partial charge on any atom is 0.353 e. The molecule has 19 heavy (non-hydrogen) atoms. The summed E-state index contributed by atoms with van der Waals surface area (Å²) in [5.74, 6) is 0.492. The highest BCUT2D eigenvalue weighted by Crippen LogP contribution is 2.33. The standard InChI is InChI=1S/C11H19N5O2S/c1-6-12-8-7(16(17)18)9(15-11(2,3)4)14-10(13-8)19-5/h6H2,1-5H3,(H2,12,13,14,15). The van der Waals surface area contributed by atoms with Crippen molar-refractivity contribution in [1.29, 1.82) is 0 Å². The lowest BCUT2D eigenvalue weighted by atomic mass is 10.1. The molecule has 1 aromatic heterocycles. The third-order valence-electron chi connectivity index (χ3n) is 2.07. The highest BCUT2D eigenvalue weighted by molar-refractivity contribution is 7.98. The third-order valence-corrected chi connectivity index (χ3v) is 2.61. The summed E-state index contributed by atoms with van der Waals surface area (Å²) in [5, 5.41) is 17.7. The predicted molar refractivity (Wildman–Crippen MR) is 78.0 cm³/mol. The molecule has 0 amide bonds. The SMILES string of the molecule is CCNc1nc(SC)nc(NC(C)(C)C)c1[N+](=O)[O-]. The zero-order chi connectivity index (χ0) is 14.6. The van der Waals surface area contributed by atoms with Gasteiger partial charge >= 0.3 is 5.69 Å². The minimum atomic E-state index is -0.462. The zero-order valence-corrected chi connectivity index (χ0v) is 12.6. The lowest BCUT2D eigenvalue weighted by molar-refractivity contribution is -0.383. The van der Waals surface area contributed by atoms with Crippen molar-refractivity contribution >= 4 is 29.1 Å². The van der Waals surface area contributed by atoms with Gasteiger partial charge in [0.05, 0.1) is 4.92 Å². The molecule has 0 aliphatic carbocycles. The monoisotopic (exact) mass is 285 g/mol. The van der Waals surface area contributed by atoms with Crippen LogP contribution in [0.1, 0.15) is 27.7 Å². The number of aromatic nitrogens is 2. The molecule has 7 nitrogen and oxygen atoms in total. The Labute approximate surface area is 116 Å². The van der Waals surface area contributed by atoms with E-state index in [1.807, 2.05) is 34.0 Å². The van der Waals surface area contributed by atoms with Gasteiger partial charge in [0.15, 0.2) is 5.16 Å². The van der Waals surface area contributed by atoms with Crippen molar-refractivity contribution in [3.05, 3.63) is 10.1 Å². The Morgan fingerprint density at radius 2 is 1.89 bits per heavy atom. The second-order valence-corrected chi connectivity index (χ2v) is 5.69. The van der Waals surface area contributed by atoms with Crippen LogP contribution in [0.25, 0.3) is 0 Å². The van der Waals surface area contributed by atoms with Crippen molar-refractivity contribution < 1.29 is 4.92 Å². The molecule has 1 heterocycles. The Bertz CT molecular complexity index is 473. The van der Waals surface area contributed by atoms with E-state index in [-0.39, 0.29) is 22.9 Å². The van der Waals surface area contributed by atoms with Crippen LogP contribution in [-0.4, -0.2) is 33.2 Å². The van der Waals surface area contributed by atoms with E-state index in [9.17, 15) is 10.1 Å². The largest absolute Gasteiger partial charge is 0.364 e. The molecule has 0 saturated carbocycles. The van der Waals surface area contributed by atoms with E-state index >= 15 is 0 Å². The Balaban J connectivity index is 3.39. The van der Waals surface area contributed by atoms with Gasteiger partial charge in [0.2, 0.25) is 11.6 Å². The van der Waals surface area contributed by atoms with E-state index in [0.717, 1.165) is 0 Å². The zero-order valence-electron chi connectivity index (χ0n) is 11.8. The van der Waals surface area contributed by atoms with Crippen LogP contribution in [0.4, 0.5) is 17.3 Å². The number of nitro groups is 1. The van der Waals surface area contributed by atoms with Crippen molar-refractivity contribution in [3.63, 3.8) is 0 Å². The number of anilines is 2. The van der Waals surface area contributed by atoms with Gasteiger partial charge in [0, 0.05) is 12.1 Å². The number of hydrogen-bond donors (Lipinski definition) is 2. The molecule has 0 aliphatic heterocycles. The van der Waals surface area contributed by atoms with Crippen LogP contribution in [0.2, 0.25) is 0 Å². The number of thioether (sulfide) groups is 1. The molecule has 1 aromatic rings. The second kappa shape index (κ2) is 6.05. The van der Waals surface area contributed by atoms with Crippen molar-refractivity contribution in [2.24, 2.45) is 0 Å². The predicted octanol–water partition coefficient (Wildman–Crippen LogP) is 2.75. The first-order valence-corrected chi connectivity index (χ1v) is 7.13. The van der Waals surface area contributed by atoms with Crippen LogP contribution in [0.5, 0.6) is 0 Å². The molecule has 106 valence electrons. The number of hydrogen-bond acceptors (Lipinski definition) is 7. The second-order valence-electron chi connectivity index (χ2n) is 4.92. The van der Waals surface area contributed by atoms with Gasteiger partial charge in [-0.25, -0.2) is 0 Å². The Hall–Kier alpha value is -1.57. The lowest BCUT2D eigenvalue weighted by Crippen LogP contribution is -2.27. The Kier molecular flexibility index (Phi) is 4.93. The maximum absolute atomic E-state index is 11.2. The lowest BCUT2D eigenvalue weighted by Gasteiger charge is -2.21. The fourth-order valence-electron chi connectivity index (χ4n) is 1.43. The molecule has 0 bridgehead atoms. The van der Waals surface area contributed by atoms with E-state index in [2.05, 4.69) is 20.6 Å². The highest BCUT2D eigenvalue weighted by Gasteiger charge is 2.27. The van der Waals surface area contributed by atoms with Crippen LogP contribution in [-0.2, 0) is 0 Å². The molecule has 0 saturated heterocycles. The number of nitrogens with one attached hydrogen (secondary N) is 2. The first kappa shape index (κ1) is 15.5. The summed E-state index contributed by atoms with van der Waals surface area (Å²) >= 11 is 1.34. The summed E-state index contributed by atoms with van der Waals surface area (Å²) in [5.41, 5.74) is -0.437. The maximum atomic E-state index is 11.2. The number of rotatable bonds is 5. The molecule has 0 aromatic carbocycles. The molecule has 0 spiro atoms. The molecular formula is C11H19N5O2S. The molecule has 0 aliphatic rings. The minimum absolute atomic E-state index is 0.116. The number of nitrogens with zero attached hydrogens (tertiary/aromatic N) is 3. The quantitative estimate of drug-likeness (QED) is 0.372. The van der Waals surface area contributed by atoms with Gasteiger partial charge in [0.1, 0.15) is 0 Å². The summed E-state index contributed by atoms with van der Waals surface area (Å²) in [6.45, 7) is 8.18. The van der Waals surface area contributed by atoms with Crippen molar-refractivity contribution in [2.75, 3.05) is 23.4 Å². The van der Waals surface area contributed by atoms with Crippen LogP contribution in [0.15, 0.2) is 5.16 Å². The molecule has 2 N–H and O–H groups in total. The molecule has 0 fully saturated rings. The van der Waals surface area contributed by atoms with Gasteiger partial charge in [-0.3, -0.25) is 10.1 Å². The van der Waals surface area contributed by atoms with E-state index in [1.54, 1.807) is 0 Å². The molecule has 1 rings (SSSR count).